The van der Waals surface area contributed by atoms with Crippen molar-refractivity contribution in [3.05, 3.63) is 16.0 Å². The molecule has 0 aromatic carbocycles. The van der Waals surface area contributed by atoms with Gasteiger partial charge in [0.1, 0.15) is 5.00 Å². The molecule has 0 spiro atoms. The monoisotopic (exact) mass is 337 g/mol. The third kappa shape index (κ3) is 3.07. The lowest BCUT2D eigenvalue weighted by Crippen LogP contribution is -2.19. The van der Waals surface area contributed by atoms with Crippen LogP contribution in [0.4, 0.5) is 5.00 Å². The van der Waals surface area contributed by atoms with Gasteiger partial charge < -0.3 is 11.1 Å². The van der Waals surface area contributed by atoms with Crippen molar-refractivity contribution in [1.82, 2.24) is 0 Å². The number of aryl methyl sites for hydroxylation is 1. The molecule has 1 aliphatic heterocycles. The fraction of sp³-hybridized carbons (Fsp3) is 0.429. The van der Waals surface area contributed by atoms with Crippen LogP contribution in [0.5, 0.6) is 0 Å². The van der Waals surface area contributed by atoms with E-state index in [1.54, 1.807) is 0 Å². The lowest BCUT2D eigenvalue weighted by molar-refractivity contribution is -0.115. The van der Waals surface area contributed by atoms with Gasteiger partial charge in [-0.1, -0.05) is 0 Å². The zero-order chi connectivity index (χ0) is 15.7. The predicted octanol–water partition coefficient (Wildman–Crippen LogP) is 1.73. The number of nitrogens with two attached hydrogens (primary N) is 1. The average molecular weight is 337 g/mol. The molecule has 0 fully saturated rings. The molecule has 0 saturated carbocycles. The van der Waals surface area contributed by atoms with E-state index in [0.717, 1.165) is 36.1 Å². The number of rotatable bonds is 4. The van der Waals surface area contributed by atoms with Gasteiger partial charge in [0.25, 0.3) is 11.8 Å². The number of thiophene rings is 1. The quantitative estimate of drug-likeness (QED) is 0.873. The Labute approximate surface area is 135 Å². The molecule has 22 heavy (non-hydrogen) atoms. The Bertz CT molecular complexity index is 694. The summed E-state index contributed by atoms with van der Waals surface area (Å²) in [7, 11) is 0. The molecular formula is C14H15N3O3S2. The van der Waals surface area contributed by atoms with Crippen LogP contribution >= 0.6 is 23.1 Å². The summed E-state index contributed by atoms with van der Waals surface area (Å²) < 4.78 is 0. The van der Waals surface area contributed by atoms with Crippen LogP contribution in [-0.2, 0) is 22.4 Å². The average Bonchev–Trinajstić information content (AvgIpc) is 3.01. The highest BCUT2D eigenvalue weighted by molar-refractivity contribution is 8.15. The SMILES string of the molecule is NC(=O)c1c(NC(=O)CC2=NC(=O)CS2)sc2c1CCCC2. The number of carbonyl (C=O) groups is 3. The minimum absolute atomic E-state index is 0.0528. The molecule has 1 aromatic heterocycles. The van der Waals surface area contributed by atoms with E-state index in [0.29, 0.717) is 21.4 Å². The Morgan fingerprint density at radius 3 is 2.73 bits per heavy atom. The maximum atomic E-state index is 12.1. The van der Waals surface area contributed by atoms with Crippen LogP contribution in [-0.4, -0.2) is 28.5 Å². The van der Waals surface area contributed by atoms with Gasteiger partial charge in [-0.2, -0.15) is 0 Å². The molecule has 3 rings (SSSR count). The second-order valence-electron chi connectivity index (χ2n) is 5.19. The first-order valence-corrected chi connectivity index (χ1v) is 8.82. The first-order chi connectivity index (χ1) is 10.5. The van der Waals surface area contributed by atoms with E-state index in [-0.39, 0.29) is 18.2 Å². The van der Waals surface area contributed by atoms with E-state index < -0.39 is 5.91 Å². The van der Waals surface area contributed by atoms with Crippen molar-refractivity contribution in [3.63, 3.8) is 0 Å². The van der Waals surface area contributed by atoms with Gasteiger partial charge in [0, 0.05) is 4.88 Å². The molecule has 0 atom stereocenters. The normalized spacial score (nSPS) is 17.1. The van der Waals surface area contributed by atoms with E-state index in [2.05, 4.69) is 10.3 Å². The minimum atomic E-state index is -0.502. The molecule has 8 heteroatoms. The number of fused-ring (bicyclic) bond motifs is 1. The maximum Gasteiger partial charge on any atom is 0.256 e. The van der Waals surface area contributed by atoms with Crippen molar-refractivity contribution in [1.29, 1.82) is 0 Å². The molecule has 0 saturated heterocycles. The molecule has 0 unspecified atom stereocenters. The number of anilines is 1. The molecule has 0 bridgehead atoms. The Morgan fingerprint density at radius 2 is 2.05 bits per heavy atom. The van der Waals surface area contributed by atoms with Crippen LogP contribution in [0.15, 0.2) is 4.99 Å². The van der Waals surface area contributed by atoms with Gasteiger partial charge >= 0.3 is 0 Å². The molecule has 6 nitrogen and oxygen atoms in total. The maximum absolute atomic E-state index is 12.1. The summed E-state index contributed by atoms with van der Waals surface area (Å²) in [5.41, 5.74) is 6.92. The Balaban J connectivity index is 1.78. The highest BCUT2D eigenvalue weighted by atomic mass is 32.2. The zero-order valence-electron chi connectivity index (χ0n) is 11.8. The number of hydrogen-bond donors (Lipinski definition) is 2. The number of primary amides is 1. The third-order valence-electron chi connectivity index (χ3n) is 3.59. The summed E-state index contributed by atoms with van der Waals surface area (Å²) in [5.74, 6) is -0.695. The number of hydrogen-bond acceptors (Lipinski definition) is 5. The molecule has 116 valence electrons. The van der Waals surface area contributed by atoms with Crippen LogP contribution in [0.3, 0.4) is 0 Å². The molecule has 1 aromatic rings. The first kappa shape index (κ1) is 15.2. The zero-order valence-corrected chi connectivity index (χ0v) is 13.4. The van der Waals surface area contributed by atoms with Gasteiger partial charge in [-0.3, -0.25) is 14.4 Å². The van der Waals surface area contributed by atoms with Crippen molar-refractivity contribution in [2.24, 2.45) is 10.7 Å². The topological polar surface area (TPSA) is 102 Å². The minimum Gasteiger partial charge on any atom is -0.365 e. The highest BCUT2D eigenvalue weighted by Crippen LogP contribution is 2.38. The lowest BCUT2D eigenvalue weighted by atomic mass is 9.95. The molecule has 0 radical (unpaired) electrons. The molecular weight excluding hydrogens is 322 g/mol. The second kappa shape index (κ2) is 6.21. The van der Waals surface area contributed by atoms with Crippen molar-refractivity contribution in [2.45, 2.75) is 32.1 Å². The first-order valence-electron chi connectivity index (χ1n) is 7.02. The second-order valence-corrected chi connectivity index (χ2v) is 7.35. The largest absolute Gasteiger partial charge is 0.365 e. The van der Waals surface area contributed by atoms with Gasteiger partial charge in [0.15, 0.2) is 0 Å². The van der Waals surface area contributed by atoms with E-state index >= 15 is 0 Å². The smallest absolute Gasteiger partial charge is 0.256 e. The number of aliphatic imine (C=N–C) groups is 1. The summed E-state index contributed by atoms with van der Waals surface area (Å²) in [5, 5.41) is 3.81. The Hall–Kier alpha value is -1.67. The lowest BCUT2D eigenvalue weighted by Gasteiger charge is -2.11. The fourth-order valence-electron chi connectivity index (χ4n) is 2.66. The van der Waals surface area contributed by atoms with E-state index in [4.69, 9.17) is 5.73 Å². The highest BCUT2D eigenvalue weighted by Gasteiger charge is 2.25. The van der Waals surface area contributed by atoms with Gasteiger partial charge in [-0.25, -0.2) is 4.99 Å². The molecule has 3 amide bonds. The van der Waals surface area contributed by atoms with Crippen molar-refractivity contribution >= 4 is 50.9 Å². The van der Waals surface area contributed by atoms with Gasteiger partial charge in [0.2, 0.25) is 5.91 Å². The van der Waals surface area contributed by atoms with Gasteiger partial charge in [0.05, 0.1) is 22.8 Å². The van der Waals surface area contributed by atoms with Crippen LogP contribution in [0.25, 0.3) is 0 Å². The fourth-order valence-corrected chi connectivity index (χ4v) is 4.73. The van der Waals surface area contributed by atoms with Crippen LogP contribution in [0.1, 0.15) is 40.1 Å². The van der Waals surface area contributed by atoms with Gasteiger partial charge in [-0.05, 0) is 31.2 Å². The standard InChI is InChI=1S/C14H15N3O3S2/c15-13(20)12-7-3-1-2-4-8(7)22-14(12)17-9(18)5-11-16-10(19)6-21-11/h1-6H2,(H2,15,20)(H,17,18). The summed E-state index contributed by atoms with van der Waals surface area (Å²) in [6.45, 7) is 0. The summed E-state index contributed by atoms with van der Waals surface area (Å²) in [6, 6.07) is 0. The molecule has 2 aliphatic rings. The summed E-state index contributed by atoms with van der Waals surface area (Å²) in [4.78, 5) is 39.8. The van der Waals surface area contributed by atoms with Crippen molar-refractivity contribution in [3.8, 4) is 0 Å². The number of nitrogens with zero attached hydrogens (tertiary/aromatic N) is 1. The van der Waals surface area contributed by atoms with E-state index in [1.807, 2.05) is 0 Å². The predicted molar refractivity (Wildman–Crippen MR) is 87.6 cm³/mol. The number of carbonyl (C=O) groups excluding carboxylic acids is 3. The number of thioether (sulfide) groups is 1. The molecule has 3 N–H and O–H groups in total. The van der Waals surface area contributed by atoms with Gasteiger partial charge in [-0.15, -0.1) is 23.1 Å². The molecule has 2 heterocycles. The number of amides is 3. The molecule has 1 aliphatic carbocycles. The Morgan fingerprint density at radius 1 is 1.27 bits per heavy atom. The van der Waals surface area contributed by atoms with Crippen LogP contribution in [0.2, 0.25) is 0 Å². The van der Waals surface area contributed by atoms with Crippen LogP contribution in [0, 0.1) is 0 Å². The Kier molecular flexibility index (Phi) is 4.30. The van der Waals surface area contributed by atoms with Crippen molar-refractivity contribution < 1.29 is 14.4 Å². The third-order valence-corrected chi connectivity index (χ3v) is 5.76. The van der Waals surface area contributed by atoms with E-state index in [9.17, 15) is 14.4 Å². The summed E-state index contributed by atoms with van der Waals surface area (Å²) >= 11 is 2.71. The number of nitrogens with one attached hydrogen (secondary N) is 1. The van der Waals surface area contributed by atoms with Crippen LogP contribution < -0.4 is 11.1 Å². The van der Waals surface area contributed by atoms with E-state index in [1.165, 1.54) is 23.1 Å². The van der Waals surface area contributed by atoms with Crippen molar-refractivity contribution in [2.75, 3.05) is 11.1 Å². The summed E-state index contributed by atoms with van der Waals surface area (Å²) in [6.07, 6.45) is 3.93.